The third-order valence-corrected chi connectivity index (χ3v) is 5.94. The third kappa shape index (κ3) is 4.40. The summed E-state index contributed by atoms with van der Waals surface area (Å²) in [5.41, 5.74) is -0.834. The molecule has 2 N–H and O–H groups in total. The van der Waals surface area contributed by atoms with E-state index < -0.39 is 23.2 Å². The van der Waals surface area contributed by atoms with Crippen LogP contribution in [-0.4, -0.2) is 45.5 Å². The van der Waals surface area contributed by atoms with E-state index in [2.05, 4.69) is 10.1 Å². The van der Waals surface area contributed by atoms with Crippen LogP contribution in [0.4, 0.5) is 0 Å². The van der Waals surface area contributed by atoms with Gasteiger partial charge in [0.2, 0.25) is 11.8 Å². The first-order chi connectivity index (χ1) is 16.8. The summed E-state index contributed by atoms with van der Waals surface area (Å²) >= 11 is 6.05. The predicted octanol–water partition coefficient (Wildman–Crippen LogP) is 2.99. The van der Waals surface area contributed by atoms with Crippen molar-refractivity contribution in [3.05, 3.63) is 79.5 Å². The van der Waals surface area contributed by atoms with Gasteiger partial charge in [-0.1, -0.05) is 24.6 Å². The topological polar surface area (TPSA) is 126 Å². The van der Waals surface area contributed by atoms with Gasteiger partial charge in [-0.3, -0.25) is 14.6 Å². The minimum absolute atomic E-state index is 0.0961. The molecule has 4 rings (SSSR count). The quantitative estimate of drug-likeness (QED) is 0.538. The molecule has 0 spiro atoms. The Bertz CT molecular complexity index is 1440. The van der Waals surface area contributed by atoms with Gasteiger partial charge in [0.25, 0.3) is 5.56 Å². The van der Waals surface area contributed by atoms with Crippen LogP contribution in [0.2, 0.25) is 5.02 Å². The molecule has 0 bridgehead atoms. The van der Waals surface area contributed by atoms with Crippen molar-refractivity contribution in [1.29, 1.82) is 0 Å². The number of methoxy groups -OCH3 is 2. The highest BCUT2D eigenvalue weighted by molar-refractivity contribution is 6.30. The van der Waals surface area contributed by atoms with Gasteiger partial charge in [-0.05, 0) is 30.3 Å². The van der Waals surface area contributed by atoms with E-state index in [4.69, 9.17) is 21.1 Å². The lowest BCUT2D eigenvalue weighted by atomic mass is 9.98. The molecule has 10 nitrogen and oxygen atoms in total. The molecule has 1 atom stereocenters. The van der Waals surface area contributed by atoms with E-state index in [1.54, 1.807) is 43.3 Å². The smallest absolute Gasteiger partial charge is 0.335 e. The lowest BCUT2D eigenvalue weighted by molar-refractivity contribution is -0.132. The molecule has 11 heteroatoms. The van der Waals surface area contributed by atoms with Crippen molar-refractivity contribution in [2.24, 2.45) is 5.10 Å². The molecule has 35 heavy (non-hydrogen) atoms. The Morgan fingerprint density at radius 2 is 1.97 bits per heavy atom. The number of halogens is 1. The Kier molecular flexibility index (Phi) is 6.65. The number of hydrogen-bond donors (Lipinski definition) is 2. The Morgan fingerprint density at radius 1 is 1.20 bits per heavy atom. The highest BCUT2D eigenvalue weighted by Gasteiger charge is 2.36. The Hall–Kier alpha value is -4.05. The summed E-state index contributed by atoms with van der Waals surface area (Å²) in [7, 11) is 3.03. The molecule has 182 valence electrons. The fraction of sp³-hybridized carbons (Fsp3) is 0.250. The number of benzene rings is 2. The number of nitrogens with one attached hydrogen (secondary N) is 1. The van der Waals surface area contributed by atoms with Crippen LogP contribution in [0, 0.1) is 0 Å². The van der Waals surface area contributed by atoms with Gasteiger partial charge in [0.15, 0.2) is 0 Å². The molecule has 0 fully saturated rings. The number of rotatable bonds is 6. The summed E-state index contributed by atoms with van der Waals surface area (Å²) in [4.78, 5) is 40.4. The van der Waals surface area contributed by atoms with Gasteiger partial charge >= 0.3 is 5.69 Å². The Balaban J connectivity index is 1.86. The van der Waals surface area contributed by atoms with Crippen LogP contribution in [-0.2, 0) is 4.79 Å². The molecule has 0 saturated carbocycles. The normalized spacial score (nSPS) is 15.1. The molecule has 2 aromatic carbocycles. The second-order valence-electron chi connectivity index (χ2n) is 7.74. The summed E-state index contributed by atoms with van der Waals surface area (Å²) in [6, 6.07) is 10.8. The van der Waals surface area contributed by atoms with E-state index in [0.29, 0.717) is 22.1 Å². The summed E-state index contributed by atoms with van der Waals surface area (Å²) in [5.74, 6) is 0.149. The molecule has 3 aromatic rings. The summed E-state index contributed by atoms with van der Waals surface area (Å²) in [6.07, 6.45) is 0.259. The second kappa shape index (κ2) is 9.67. The monoisotopic (exact) mass is 498 g/mol. The van der Waals surface area contributed by atoms with E-state index in [0.717, 1.165) is 4.57 Å². The first-order valence-corrected chi connectivity index (χ1v) is 11.1. The number of amides is 1. The predicted molar refractivity (Wildman–Crippen MR) is 130 cm³/mol. The van der Waals surface area contributed by atoms with Gasteiger partial charge in [-0.2, -0.15) is 5.10 Å². The fourth-order valence-electron chi connectivity index (χ4n) is 4.03. The number of ether oxygens (including phenoxy) is 2. The largest absolute Gasteiger partial charge is 0.497 e. The van der Waals surface area contributed by atoms with Crippen molar-refractivity contribution < 1.29 is 19.4 Å². The minimum atomic E-state index is -0.841. The summed E-state index contributed by atoms with van der Waals surface area (Å²) in [6.45, 7) is 1.70. The van der Waals surface area contributed by atoms with Gasteiger partial charge in [-0.15, -0.1) is 0 Å². The molecule has 1 aromatic heterocycles. The number of hydrogen-bond acceptors (Lipinski definition) is 7. The molecule has 1 aliphatic rings. The number of aromatic nitrogens is 2. The first-order valence-electron chi connectivity index (χ1n) is 10.7. The van der Waals surface area contributed by atoms with E-state index >= 15 is 0 Å². The summed E-state index contributed by atoms with van der Waals surface area (Å²) < 4.78 is 11.7. The average molecular weight is 499 g/mol. The van der Waals surface area contributed by atoms with Gasteiger partial charge in [0, 0.05) is 29.5 Å². The van der Waals surface area contributed by atoms with Crippen molar-refractivity contribution in [1.82, 2.24) is 14.6 Å². The molecular formula is C24H23ClN4O6. The van der Waals surface area contributed by atoms with E-state index in [9.17, 15) is 19.5 Å². The van der Waals surface area contributed by atoms with Gasteiger partial charge < -0.3 is 14.6 Å². The number of aromatic hydroxyl groups is 1. The van der Waals surface area contributed by atoms with Crippen molar-refractivity contribution >= 4 is 23.2 Å². The van der Waals surface area contributed by atoms with Crippen LogP contribution in [0.5, 0.6) is 17.4 Å². The van der Waals surface area contributed by atoms with Crippen LogP contribution >= 0.6 is 11.6 Å². The summed E-state index contributed by atoms with van der Waals surface area (Å²) in [5, 5.41) is 17.0. The molecule has 1 amide bonds. The van der Waals surface area contributed by atoms with E-state index in [1.807, 2.05) is 0 Å². The van der Waals surface area contributed by atoms with Crippen LogP contribution in [0.25, 0.3) is 5.69 Å². The number of H-pyrrole nitrogens is 1. The SMILES string of the molecule is CCC(=O)N1N=C(c2c(O)n(-c3cccc(Cl)c3)c(=O)[nH]c2=O)CC1c1ccc(OC)cc1OC. The Labute approximate surface area is 205 Å². The Morgan fingerprint density at radius 3 is 2.63 bits per heavy atom. The van der Waals surface area contributed by atoms with Crippen molar-refractivity contribution in [3.8, 4) is 23.1 Å². The highest BCUT2D eigenvalue weighted by Crippen LogP contribution is 2.39. The number of nitrogens with zero attached hydrogens (tertiary/aromatic N) is 3. The number of aromatic amines is 1. The van der Waals surface area contributed by atoms with Gasteiger partial charge in [0.05, 0.1) is 31.7 Å². The fourth-order valence-corrected chi connectivity index (χ4v) is 4.21. The zero-order chi connectivity index (χ0) is 25.3. The number of hydrazone groups is 1. The highest BCUT2D eigenvalue weighted by atomic mass is 35.5. The van der Waals surface area contributed by atoms with Crippen LogP contribution < -0.4 is 20.7 Å². The van der Waals surface area contributed by atoms with Crippen LogP contribution in [0.3, 0.4) is 0 Å². The molecule has 0 saturated heterocycles. The van der Waals surface area contributed by atoms with Crippen molar-refractivity contribution in [3.63, 3.8) is 0 Å². The maximum atomic E-state index is 12.8. The minimum Gasteiger partial charge on any atom is -0.497 e. The maximum Gasteiger partial charge on any atom is 0.335 e. The van der Waals surface area contributed by atoms with E-state index in [1.165, 1.54) is 25.3 Å². The zero-order valence-corrected chi connectivity index (χ0v) is 20.0. The van der Waals surface area contributed by atoms with E-state index in [-0.39, 0.29) is 35.7 Å². The lowest BCUT2D eigenvalue weighted by Crippen LogP contribution is -2.33. The standard InChI is InChI=1S/C24H23ClN4O6/c1-4-20(30)29-18(16-9-8-15(34-2)11-19(16)35-3)12-17(27-29)21-22(31)26-24(33)28(23(21)32)14-7-5-6-13(25)10-14/h5-11,18,32H,4,12H2,1-3H3,(H,26,31,33). The van der Waals surface area contributed by atoms with Gasteiger partial charge in [-0.25, -0.2) is 14.4 Å². The molecule has 2 heterocycles. The zero-order valence-electron chi connectivity index (χ0n) is 19.2. The molecular weight excluding hydrogens is 476 g/mol. The molecule has 0 radical (unpaired) electrons. The first kappa shape index (κ1) is 24.1. The van der Waals surface area contributed by atoms with Crippen LogP contribution in [0.15, 0.2) is 57.2 Å². The molecule has 1 unspecified atom stereocenters. The average Bonchev–Trinajstić information content (AvgIpc) is 3.27. The molecule has 0 aliphatic carbocycles. The number of carbonyl (C=O) groups is 1. The number of carbonyl (C=O) groups excluding carboxylic acids is 1. The lowest BCUT2D eigenvalue weighted by Gasteiger charge is -2.23. The third-order valence-electron chi connectivity index (χ3n) is 5.71. The van der Waals surface area contributed by atoms with Crippen LogP contribution in [0.1, 0.15) is 36.9 Å². The second-order valence-corrected chi connectivity index (χ2v) is 8.18. The van der Waals surface area contributed by atoms with Crippen molar-refractivity contribution in [2.75, 3.05) is 14.2 Å². The van der Waals surface area contributed by atoms with Crippen molar-refractivity contribution in [2.45, 2.75) is 25.8 Å². The van der Waals surface area contributed by atoms with Gasteiger partial charge in [0.1, 0.15) is 17.1 Å². The molecule has 1 aliphatic heterocycles. The maximum absolute atomic E-state index is 12.8.